The van der Waals surface area contributed by atoms with Crippen LogP contribution in [0.3, 0.4) is 0 Å². The summed E-state index contributed by atoms with van der Waals surface area (Å²) in [6, 6.07) is 12.2. The van der Waals surface area contributed by atoms with Crippen LogP contribution in [0.25, 0.3) is 0 Å². The summed E-state index contributed by atoms with van der Waals surface area (Å²) in [6.07, 6.45) is 0. The third-order valence-electron chi connectivity index (χ3n) is 2.90. The van der Waals surface area contributed by atoms with Crippen LogP contribution in [-0.4, -0.2) is 25.5 Å². The maximum absolute atomic E-state index is 11.5. The van der Waals surface area contributed by atoms with Crippen LogP contribution < -0.4 is 0 Å². The van der Waals surface area contributed by atoms with Crippen LogP contribution in [0.4, 0.5) is 0 Å². The number of hydrogen-bond donors (Lipinski definition) is 1. The molecular weight excluding hydrogens is 316 g/mol. The largest absolute Gasteiger partial charge is 0.462 e. The van der Waals surface area contributed by atoms with E-state index in [4.69, 9.17) is 9.29 Å². The van der Waals surface area contributed by atoms with Gasteiger partial charge in [0.15, 0.2) is 0 Å². The summed E-state index contributed by atoms with van der Waals surface area (Å²) in [4.78, 5) is 11.3. The lowest BCUT2D eigenvalue weighted by Crippen LogP contribution is -2.04. The quantitative estimate of drug-likeness (QED) is 0.531. The molecule has 1 N–H and O–H groups in total. The van der Waals surface area contributed by atoms with Crippen molar-refractivity contribution in [1.82, 2.24) is 0 Å². The molecule has 0 radical (unpaired) electrons. The fourth-order valence-electron chi connectivity index (χ4n) is 1.76. The second-order valence-electron chi connectivity index (χ2n) is 4.55. The molecule has 118 valence electrons. The minimum atomic E-state index is -4.20. The summed E-state index contributed by atoms with van der Waals surface area (Å²) in [5, 5.41) is 0. The van der Waals surface area contributed by atoms with E-state index in [1.165, 1.54) is 24.3 Å². The highest BCUT2D eigenvalue weighted by atomic mass is 32.2. The molecule has 0 unspecified atom stereocenters. The lowest BCUT2D eigenvalue weighted by Gasteiger charge is -2.00. The Kier molecular flexibility index (Phi) is 5.16. The molecule has 0 atom stereocenters. The van der Waals surface area contributed by atoms with Crippen LogP contribution in [0.15, 0.2) is 53.4 Å². The average molecular weight is 330 g/mol. The Balaban J connectivity index is 2.14. The van der Waals surface area contributed by atoms with Crippen molar-refractivity contribution in [1.29, 1.82) is 0 Å². The Bertz CT molecular complexity index is 854. The molecule has 0 aliphatic carbocycles. The molecule has 0 fully saturated rings. The van der Waals surface area contributed by atoms with Gasteiger partial charge in [-0.1, -0.05) is 11.8 Å². The molecular formula is C17H14O5S. The normalized spacial score (nSPS) is 10.5. The Morgan fingerprint density at radius 3 is 1.91 bits per heavy atom. The number of carbonyl (C=O) groups excluding carboxylic acids is 1. The van der Waals surface area contributed by atoms with Crippen LogP contribution in [-0.2, 0) is 14.9 Å². The fourth-order valence-corrected chi connectivity index (χ4v) is 2.24. The van der Waals surface area contributed by atoms with Crippen molar-refractivity contribution in [2.24, 2.45) is 0 Å². The summed E-state index contributed by atoms with van der Waals surface area (Å²) >= 11 is 0. The average Bonchev–Trinajstić information content (AvgIpc) is 2.53. The van der Waals surface area contributed by atoms with E-state index < -0.39 is 10.1 Å². The predicted octanol–water partition coefficient (Wildman–Crippen LogP) is 2.51. The summed E-state index contributed by atoms with van der Waals surface area (Å²) in [7, 11) is -4.20. The molecule has 0 saturated heterocycles. The van der Waals surface area contributed by atoms with Crippen LogP contribution in [0.5, 0.6) is 0 Å². The van der Waals surface area contributed by atoms with Gasteiger partial charge in [0, 0.05) is 11.1 Å². The number of carbonyl (C=O) groups is 1. The highest BCUT2D eigenvalue weighted by Crippen LogP contribution is 2.10. The highest BCUT2D eigenvalue weighted by molar-refractivity contribution is 7.85. The molecule has 2 aromatic rings. The van der Waals surface area contributed by atoms with Gasteiger partial charge in [-0.05, 0) is 55.5 Å². The lowest BCUT2D eigenvalue weighted by atomic mass is 10.1. The van der Waals surface area contributed by atoms with Gasteiger partial charge in [0.05, 0.1) is 17.1 Å². The Labute approximate surface area is 134 Å². The van der Waals surface area contributed by atoms with E-state index in [9.17, 15) is 13.2 Å². The van der Waals surface area contributed by atoms with Crippen LogP contribution in [0, 0.1) is 11.8 Å². The number of rotatable bonds is 3. The fraction of sp³-hybridized carbons (Fsp3) is 0.118. The molecule has 6 heteroatoms. The van der Waals surface area contributed by atoms with E-state index in [0.29, 0.717) is 23.3 Å². The van der Waals surface area contributed by atoms with E-state index in [1.807, 2.05) is 0 Å². The van der Waals surface area contributed by atoms with Crippen molar-refractivity contribution in [3.8, 4) is 11.8 Å². The molecule has 0 saturated carbocycles. The minimum Gasteiger partial charge on any atom is -0.462 e. The first kappa shape index (κ1) is 16.7. The van der Waals surface area contributed by atoms with Crippen LogP contribution >= 0.6 is 0 Å². The molecule has 2 rings (SSSR count). The maximum atomic E-state index is 11.5. The van der Waals surface area contributed by atoms with Gasteiger partial charge in [0.2, 0.25) is 0 Å². The molecule has 0 bridgehead atoms. The summed E-state index contributed by atoms with van der Waals surface area (Å²) in [6.45, 7) is 2.06. The number of hydrogen-bond acceptors (Lipinski definition) is 4. The first-order valence-corrected chi connectivity index (χ1v) is 8.21. The molecule has 0 spiro atoms. The Morgan fingerprint density at radius 1 is 1.00 bits per heavy atom. The zero-order valence-electron chi connectivity index (χ0n) is 12.3. The molecule has 0 aliphatic rings. The van der Waals surface area contributed by atoms with Gasteiger partial charge in [-0.3, -0.25) is 4.55 Å². The second kappa shape index (κ2) is 7.09. The summed E-state index contributed by atoms with van der Waals surface area (Å²) in [5.41, 5.74) is 1.76. The Hall–Kier alpha value is -2.62. The van der Waals surface area contributed by atoms with Crippen LogP contribution in [0.1, 0.15) is 28.4 Å². The summed E-state index contributed by atoms with van der Waals surface area (Å²) < 4.78 is 35.7. The second-order valence-corrected chi connectivity index (χ2v) is 5.97. The van der Waals surface area contributed by atoms with E-state index in [0.717, 1.165) is 0 Å². The standard InChI is InChI=1S/C17H14O5S/c1-2-22-17(18)15-9-5-13(6-10-15)3-4-14-7-11-16(12-8-14)23(19,20)21/h5-12H,2H2,1H3,(H,19,20,21). The van der Waals surface area contributed by atoms with E-state index in [-0.39, 0.29) is 10.9 Å². The smallest absolute Gasteiger partial charge is 0.338 e. The summed E-state index contributed by atoms with van der Waals surface area (Å²) in [5.74, 6) is 5.39. The topological polar surface area (TPSA) is 80.7 Å². The first-order chi connectivity index (χ1) is 10.9. The molecule has 0 heterocycles. The molecule has 0 aliphatic heterocycles. The Morgan fingerprint density at radius 2 is 1.48 bits per heavy atom. The van der Waals surface area contributed by atoms with Gasteiger partial charge in [-0.25, -0.2) is 4.79 Å². The zero-order chi connectivity index (χ0) is 16.9. The maximum Gasteiger partial charge on any atom is 0.338 e. The van der Waals surface area contributed by atoms with Gasteiger partial charge in [-0.2, -0.15) is 8.42 Å². The lowest BCUT2D eigenvalue weighted by molar-refractivity contribution is 0.0526. The van der Waals surface area contributed by atoms with Crippen molar-refractivity contribution in [3.63, 3.8) is 0 Å². The van der Waals surface area contributed by atoms with Gasteiger partial charge in [-0.15, -0.1) is 0 Å². The number of esters is 1. The third-order valence-corrected chi connectivity index (χ3v) is 3.77. The molecule has 0 amide bonds. The highest BCUT2D eigenvalue weighted by Gasteiger charge is 2.07. The monoisotopic (exact) mass is 330 g/mol. The SMILES string of the molecule is CCOC(=O)c1ccc(C#Cc2ccc(S(=O)(=O)O)cc2)cc1. The van der Waals surface area contributed by atoms with Crippen LogP contribution in [0.2, 0.25) is 0 Å². The van der Waals surface area contributed by atoms with Gasteiger partial charge >= 0.3 is 5.97 Å². The molecule has 2 aromatic carbocycles. The molecule has 5 nitrogen and oxygen atoms in total. The van der Waals surface area contributed by atoms with E-state index in [1.54, 1.807) is 31.2 Å². The number of ether oxygens (including phenoxy) is 1. The minimum absolute atomic E-state index is 0.179. The van der Waals surface area contributed by atoms with Crippen molar-refractivity contribution < 1.29 is 22.5 Å². The van der Waals surface area contributed by atoms with E-state index in [2.05, 4.69) is 11.8 Å². The van der Waals surface area contributed by atoms with Crippen molar-refractivity contribution in [2.75, 3.05) is 6.61 Å². The van der Waals surface area contributed by atoms with Gasteiger partial charge in [0.25, 0.3) is 10.1 Å². The van der Waals surface area contributed by atoms with Crippen molar-refractivity contribution in [2.45, 2.75) is 11.8 Å². The molecule has 23 heavy (non-hydrogen) atoms. The first-order valence-electron chi connectivity index (χ1n) is 6.77. The van der Waals surface area contributed by atoms with Gasteiger partial charge < -0.3 is 4.74 Å². The molecule has 0 aromatic heterocycles. The third kappa shape index (κ3) is 4.68. The zero-order valence-corrected chi connectivity index (χ0v) is 13.1. The van der Waals surface area contributed by atoms with Gasteiger partial charge in [0.1, 0.15) is 0 Å². The van der Waals surface area contributed by atoms with Crippen molar-refractivity contribution in [3.05, 3.63) is 65.2 Å². The number of benzene rings is 2. The van der Waals surface area contributed by atoms with E-state index >= 15 is 0 Å². The van der Waals surface area contributed by atoms with Crippen molar-refractivity contribution >= 4 is 16.1 Å². The predicted molar refractivity (Wildman–Crippen MR) is 84.6 cm³/mol.